The van der Waals surface area contributed by atoms with E-state index in [0.717, 1.165) is 16.3 Å². The second-order valence-electron chi connectivity index (χ2n) is 3.42. The summed E-state index contributed by atoms with van der Waals surface area (Å²) >= 11 is 0. The Balaban J connectivity index is 2.07. The lowest BCUT2D eigenvalue weighted by Crippen LogP contribution is -2.43. The molecular formula is C9H9N3O3. The smallest absolute Gasteiger partial charge is 0.336 e. The monoisotopic (exact) mass is 207 g/mol. The lowest BCUT2D eigenvalue weighted by Gasteiger charge is -2.25. The zero-order valence-electron chi connectivity index (χ0n) is 7.82. The quantitative estimate of drug-likeness (QED) is 0.483. The van der Waals surface area contributed by atoms with Gasteiger partial charge in [0, 0.05) is 11.6 Å². The molecule has 6 nitrogen and oxygen atoms in total. The van der Waals surface area contributed by atoms with Gasteiger partial charge in [-0.1, -0.05) is 0 Å². The normalized spacial score (nSPS) is 17.4. The van der Waals surface area contributed by atoms with Crippen LogP contribution in [0.15, 0.2) is 12.1 Å². The molecule has 3 rings (SSSR count). The fraction of sp³-hybridized carbons (Fsp3) is 0.222. The van der Waals surface area contributed by atoms with Crippen molar-refractivity contribution >= 4 is 11.7 Å². The minimum absolute atomic E-state index is 0.221. The summed E-state index contributed by atoms with van der Waals surface area (Å²) in [5.74, 6) is 6.83. The molecule has 78 valence electrons. The van der Waals surface area contributed by atoms with Crippen molar-refractivity contribution in [3.63, 3.8) is 0 Å². The lowest BCUT2D eigenvalue weighted by molar-refractivity contribution is 0.174. The molecule has 2 aliphatic heterocycles. The highest BCUT2D eigenvalue weighted by atomic mass is 16.7. The van der Waals surface area contributed by atoms with E-state index in [1.54, 1.807) is 6.07 Å². The van der Waals surface area contributed by atoms with Crippen LogP contribution in [0.1, 0.15) is 5.56 Å². The van der Waals surface area contributed by atoms with Crippen LogP contribution < -0.4 is 20.6 Å². The van der Waals surface area contributed by atoms with Crippen molar-refractivity contribution in [1.82, 2.24) is 5.01 Å². The number of benzene rings is 1. The maximum atomic E-state index is 11.3. The largest absolute Gasteiger partial charge is 0.454 e. The summed E-state index contributed by atoms with van der Waals surface area (Å²) in [7, 11) is 0. The van der Waals surface area contributed by atoms with Crippen LogP contribution in [0, 0.1) is 0 Å². The minimum atomic E-state index is -0.318. The molecule has 2 heterocycles. The number of ether oxygens (including phenoxy) is 2. The van der Waals surface area contributed by atoms with Gasteiger partial charge in [0.25, 0.3) is 0 Å². The highest BCUT2D eigenvalue weighted by Crippen LogP contribution is 2.38. The molecule has 0 bridgehead atoms. The minimum Gasteiger partial charge on any atom is -0.454 e. The van der Waals surface area contributed by atoms with Gasteiger partial charge in [0.2, 0.25) is 6.79 Å². The molecule has 0 fully saturated rings. The number of hydrogen-bond acceptors (Lipinski definition) is 4. The fourth-order valence-corrected chi connectivity index (χ4v) is 1.67. The third-order valence-corrected chi connectivity index (χ3v) is 2.44. The van der Waals surface area contributed by atoms with Crippen molar-refractivity contribution < 1.29 is 14.3 Å². The fourth-order valence-electron chi connectivity index (χ4n) is 1.67. The van der Waals surface area contributed by atoms with Gasteiger partial charge in [0.05, 0.1) is 12.2 Å². The first-order valence-electron chi connectivity index (χ1n) is 4.50. The number of nitrogens with zero attached hydrogens (tertiary/aromatic N) is 1. The van der Waals surface area contributed by atoms with Gasteiger partial charge in [-0.15, -0.1) is 0 Å². The first-order valence-corrected chi connectivity index (χ1v) is 4.50. The molecule has 0 radical (unpaired) electrons. The van der Waals surface area contributed by atoms with Crippen LogP contribution >= 0.6 is 0 Å². The second-order valence-corrected chi connectivity index (χ2v) is 3.42. The molecule has 0 unspecified atom stereocenters. The third kappa shape index (κ3) is 1.18. The summed E-state index contributed by atoms with van der Waals surface area (Å²) < 4.78 is 10.4. The van der Waals surface area contributed by atoms with Gasteiger partial charge in [0.1, 0.15) is 0 Å². The van der Waals surface area contributed by atoms with Gasteiger partial charge < -0.3 is 14.8 Å². The molecule has 15 heavy (non-hydrogen) atoms. The molecule has 2 aliphatic rings. The standard InChI is InChI=1S/C9H9N3O3/c10-12-3-5-1-7-8(15-4-14-7)2-6(5)11-9(12)13/h1-2H,3-4,10H2,(H,11,13). The molecule has 0 spiro atoms. The Morgan fingerprint density at radius 3 is 2.87 bits per heavy atom. The van der Waals surface area contributed by atoms with Gasteiger partial charge in [-0.25, -0.2) is 10.6 Å². The van der Waals surface area contributed by atoms with Gasteiger partial charge in [-0.05, 0) is 6.07 Å². The second kappa shape index (κ2) is 2.77. The third-order valence-electron chi connectivity index (χ3n) is 2.44. The topological polar surface area (TPSA) is 76.8 Å². The highest BCUT2D eigenvalue weighted by molar-refractivity contribution is 5.92. The molecule has 0 saturated heterocycles. The highest BCUT2D eigenvalue weighted by Gasteiger charge is 2.24. The Morgan fingerprint density at radius 2 is 2.07 bits per heavy atom. The van der Waals surface area contributed by atoms with E-state index < -0.39 is 0 Å². The van der Waals surface area contributed by atoms with Crippen molar-refractivity contribution in [3.8, 4) is 11.5 Å². The van der Waals surface area contributed by atoms with Crippen LogP contribution in [0.2, 0.25) is 0 Å². The SMILES string of the molecule is NN1Cc2cc3c(cc2NC1=O)OCO3. The van der Waals surface area contributed by atoms with E-state index >= 15 is 0 Å². The number of carbonyl (C=O) groups excluding carboxylic acids is 1. The number of urea groups is 1. The molecule has 3 N–H and O–H groups in total. The number of rotatable bonds is 0. The molecule has 0 aliphatic carbocycles. The number of amides is 2. The van der Waals surface area contributed by atoms with E-state index in [1.165, 1.54) is 0 Å². The Morgan fingerprint density at radius 1 is 1.33 bits per heavy atom. The van der Waals surface area contributed by atoms with Crippen LogP contribution in [-0.4, -0.2) is 17.8 Å². The van der Waals surface area contributed by atoms with Crippen molar-refractivity contribution in [3.05, 3.63) is 17.7 Å². The van der Waals surface area contributed by atoms with Crippen molar-refractivity contribution in [1.29, 1.82) is 0 Å². The van der Waals surface area contributed by atoms with Crippen LogP contribution in [0.3, 0.4) is 0 Å². The summed E-state index contributed by atoms with van der Waals surface area (Å²) in [5, 5.41) is 3.78. The molecular weight excluding hydrogens is 198 g/mol. The number of fused-ring (bicyclic) bond motifs is 2. The summed E-state index contributed by atoms with van der Waals surface area (Å²) in [4.78, 5) is 11.3. The zero-order valence-corrected chi connectivity index (χ0v) is 7.82. The van der Waals surface area contributed by atoms with Crippen molar-refractivity contribution in [2.24, 2.45) is 5.84 Å². The molecule has 1 aromatic carbocycles. The van der Waals surface area contributed by atoms with Crippen molar-refractivity contribution in [2.45, 2.75) is 6.54 Å². The average molecular weight is 207 g/mol. The molecule has 1 aromatic rings. The number of hydrazine groups is 1. The van der Waals surface area contributed by atoms with E-state index in [1.807, 2.05) is 6.07 Å². The predicted molar refractivity (Wildman–Crippen MR) is 51.3 cm³/mol. The summed E-state index contributed by atoms with van der Waals surface area (Å²) in [6.07, 6.45) is 0. The van der Waals surface area contributed by atoms with Crippen LogP contribution in [0.4, 0.5) is 10.5 Å². The Labute approximate surface area is 85.5 Å². The number of nitrogens with one attached hydrogen (secondary N) is 1. The maximum Gasteiger partial charge on any atom is 0.336 e. The van der Waals surface area contributed by atoms with Gasteiger partial charge in [0.15, 0.2) is 11.5 Å². The zero-order chi connectivity index (χ0) is 10.4. The number of anilines is 1. The van der Waals surface area contributed by atoms with E-state index in [4.69, 9.17) is 15.3 Å². The van der Waals surface area contributed by atoms with Gasteiger partial charge >= 0.3 is 6.03 Å². The average Bonchev–Trinajstić information content (AvgIpc) is 2.63. The maximum absolute atomic E-state index is 11.3. The molecule has 0 saturated carbocycles. The van der Waals surface area contributed by atoms with Crippen LogP contribution in [0.25, 0.3) is 0 Å². The predicted octanol–water partition coefficient (Wildman–Crippen LogP) is 0.636. The van der Waals surface area contributed by atoms with Crippen LogP contribution in [0.5, 0.6) is 11.5 Å². The van der Waals surface area contributed by atoms with Crippen LogP contribution in [-0.2, 0) is 6.54 Å². The molecule has 0 atom stereocenters. The first kappa shape index (κ1) is 8.37. The van der Waals surface area contributed by atoms with Gasteiger partial charge in [-0.3, -0.25) is 5.01 Å². The Kier molecular flexibility index (Phi) is 1.54. The molecule has 6 heteroatoms. The number of carbonyl (C=O) groups is 1. The van der Waals surface area contributed by atoms with E-state index in [9.17, 15) is 4.79 Å². The summed E-state index contributed by atoms with van der Waals surface area (Å²) in [6.45, 7) is 0.594. The Bertz CT molecular complexity index is 446. The lowest BCUT2D eigenvalue weighted by atomic mass is 10.1. The summed E-state index contributed by atoms with van der Waals surface area (Å²) in [6, 6.07) is 3.26. The van der Waals surface area contributed by atoms with E-state index in [0.29, 0.717) is 18.0 Å². The Hall–Kier alpha value is -1.95. The van der Waals surface area contributed by atoms with E-state index in [-0.39, 0.29) is 12.8 Å². The van der Waals surface area contributed by atoms with Gasteiger partial charge in [-0.2, -0.15) is 0 Å². The molecule has 0 aromatic heterocycles. The first-order chi connectivity index (χ1) is 7.24. The number of hydrogen-bond donors (Lipinski definition) is 2. The number of nitrogens with two attached hydrogens (primary N) is 1. The molecule has 2 amide bonds. The van der Waals surface area contributed by atoms with E-state index in [2.05, 4.69) is 5.32 Å². The summed E-state index contributed by atoms with van der Waals surface area (Å²) in [5.41, 5.74) is 1.65. The van der Waals surface area contributed by atoms with Crippen molar-refractivity contribution in [2.75, 3.05) is 12.1 Å².